The van der Waals surface area contributed by atoms with Gasteiger partial charge in [-0.1, -0.05) is 72.5 Å². The molecule has 128 valence electrons. The van der Waals surface area contributed by atoms with Crippen LogP contribution in [0.3, 0.4) is 0 Å². The first-order valence-electron chi connectivity index (χ1n) is 8.08. The Morgan fingerprint density at radius 1 is 1.12 bits per heavy atom. The standard InChI is InChI=1S/C21H22N2OS/c1-3-5-10-17(9-4-2)19-13-18(16-11-7-6-8-12-16)14-21(23-19)25-15-20(22)24/h3-14H,15H2,1-2H3,(H2,22,24)/b5-3-,9-4-,17-10+. The van der Waals surface area contributed by atoms with Crippen molar-refractivity contribution < 1.29 is 4.79 Å². The second-order valence-electron chi connectivity index (χ2n) is 5.35. The van der Waals surface area contributed by atoms with E-state index in [0.29, 0.717) is 0 Å². The van der Waals surface area contributed by atoms with E-state index in [0.717, 1.165) is 27.4 Å². The van der Waals surface area contributed by atoms with Crippen molar-refractivity contribution >= 4 is 23.2 Å². The number of allylic oxidation sites excluding steroid dienone is 6. The number of pyridine rings is 1. The van der Waals surface area contributed by atoms with E-state index in [2.05, 4.69) is 18.2 Å². The van der Waals surface area contributed by atoms with E-state index in [9.17, 15) is 4.79 Å². The van der Waals surface area contributed by atoms with Crippen LogP contribution in [0.25, 0.3) is 16.7 Å². The maximum absolute atomic E-state index is 11.1. The summed E-state index contributed by atoms with van der Waals surface area (Å²) in [6, 6.07) is 14.2. The Labute approximate surface area is 153 Å². The fraction of sp³-hybridized carbons (Fsp3) is 0.143. The van der Waals surface area contributed by atoms with Crippen LogP contribution in [-0.2, 0) is 4.79 Å². The lowest BCUT2D eigenvalue weighted by Crippen LogP contribution is -2.13. The molecule has 2 N–H and O–H groups in total. The molecule has 0 spiro atoms. The third kappa shape index (κ3) is 5.76. The number of nitrogens with zero attached hydrogens (tertiary/aromatic N) is 1. The highest BCUT2D eigenvalue weighted by atomic mass is 32.2. The number of carbonyl (C=O) groups excluding carboxylic acids is 1. The van der Waals surface area contributed by atoms with Crippen LogP contribution in [0, 0.1) is 0 Å². The molecule has 0 bridgehead atoms. The lowest BCUT2D eigenvalue weighted by molar-refractivity contribution is -0.115. The molecule has 0 aliphatic heterocycles. The zero-order valence-electron chi connectivity index (χ0n) is 14.5. The molecule has 1 aromatic heterocycles. The van der Waals surface area contributed by atoms with Gasteiger partial charge in [-0.05, 0) is 42.7 Å². The number of thioether (sulfide) groups is 1. The van der Waals surface area contributed by atoms with Gasteiger partial charge in [0.15, 0.2) is 0 Å². The normalized spacial score (nSPS) is 12.2. The largest absolute Gasteiger partial charge is 0.369 e. The predicted molar refractivity (Wildman–Crippen MR) is 107 cm³/mol. The number of nitrogens with two attached hydrogens (primary N) is 1. The van der Waals surface area contributed by atoms with Gasteiger partial charge in [-0.3, -0.25) is 4.79 Å². The van der Waals surface area contributed by atoms with E-state index in [1.54, 1.807) is 0 Å². The molecule has 1 heterocycles. The summed E-state index contributed by atoms with van der Waals surface area (Å²) in [5.74, 6) is -0.140. The van der Waals surface area contributed by atoms with Gasteiger partial charge in [0.25, 0.3) is 0 Å². The van der Waals surface area contributed by atoms with Gasteiger partial charge >= 0.3 is 0 Å². The second kappa shape index (κ2) is 9.64. The third-order valence-corrected chi connectivity index (χ3v) is 4.32. The number of primary amides is 1. The van der Waals surface area contributed by atoms with Gasteiger partial charge in [-0.25, -0.2) is 4.98 Å². The summed E-state index contributed by atoms with van der Waals surface area (Å²) in [6.45, 7) is 3.96. The fourth-order valence-electron chi connectivity index (χ4n) is 2.28. The van der Waals surface area contributed by atoms with E-state index in [1.807, 2.05) is 68.5 Å². The van der Waals surface area contributed by atoms with Crippen LogP contribution in [-0.4, -0.2) is 16.6 Å². The SMILES string of the molecule is C\C=C/C=C(\C=C/C)c1cc(-c2ccccc2)cc(SCC(N)=O)n1. The number of hydrogen-bond acceptors (Lipinski definition) is 3. The Morgan fingerprint density at radius 3 is 2.52 bits per heavy atom. The molecule has 25 heavy (non-hydrogen) atoms. The molecule has 1 aromatic carbocycles. The van der Waals surface area contributed by atoms with Crippen molar-refractivity contribution in [2.24, 2.45) is 5.73 Å². The molecule has 0 saturated heterocycles. The van der Waals surface area contributed by atoms with Crippen molar-refractivity contribution in [3.05, 3.63) is 78.5 Å². The molecule has 2 rings (SSSR count). The molecule has 0 radical (unpaired) electrons. The Bertz CT molecular complexity index is 808. The van der Waals surface area contributed by atoms with E-state index in [-0.39, 0.29) is 11.7 Å². The minimum atomic E-state index is -0.350. The smallest absolute Gasteiger partial charge is 0.227 e. The first kappa shape index (κ1) is 18.7. The molecule has 0 fully saturated rings. The van der Waals surface area contributed by atoms with Gasteiger partial charge in [0.2, 0.25) is 5.91 Å². The first-order chi connectivity index (χ1) is 12.1. The monoisotopic (exact) mass is 350 g/mol. The van der Waals surface area contributed by atoms with Crippen molar-refractivity contribution in [1.29, 1.82) is 0 Å². The van der Waals surface area contributed by atoms with Crippen molar-refractivity contribution in [1.82, 2.24) is 4.98 Å². The van der Waals surface area contributed by atoms with Crippen LogP contribution < -0.4 is 5.73 Å². The summed E-state index contributed by atoms with van der Waals surface area (Å²) < 4.78 is 0. The van der Waals surface area contributed by atoms with Crippen LogP contribution in [0.15, 0.2) is 77.9 Å². The number of hydrogen-bond donors (Lipinski definition) is 1. The molecule has 2 aromatic rings. The maximum atomic E-state index is 11.1. The van der Waals surface area contributed by atoms with Gasteiger partial charge in [0, 0.05) is 0 Å². The zero-order chi connectivity index (χ0) is 18.1. The summed E-state index contributed by atoms with van der Waals surface area (Å²) in [5, 5.41) is 0.783. The lowest BCUT2D eigenvalue weighted by atomic mass is 10.0. The summed E-state index contributed by atoms with van der Waals surface area (Å²) in [6.07, 6.45) is 10.0. The molecule has 4 heteroatoms. The summed E-state index contributed by atoms with van der Waals surface area (Å²) in [7, 11) is 0. The Balaban J connectivity index is 2.53. The van der Waals surface area contributed by atoms with Gasteiger partial charge < -0.3 is 5.73 Å². The highest BCUT2D eigenvalue weighted by Crippen LogP contribution is 2.28. The predicted octanol–water partition coefficient (Wildman–Crippen LogP) is 4.86. The average Bonchev–Trinajstić information content (AvgIpc) is 2.64. The van der Waals surface area contributed by atoms with Crippen molar-refractivity contribution in [3.63, 3.8) is 0 Å². The number of benzene rings is 1. The molecule has 0 atom stereocenters. The highest BCUT2D eigenvalue weighted by molar-refractivity contribution is 7.99. The van der Waals surface area contributed by atoms with E-state index in [1.165, 1.54) is 11.8 Å². The third-order valence-electron chi connectivity index (χ3n) is 3.38. The van der Waals surface area contributed by atoms with E-state index < -0.39 is 0 Å². The Hall–Kier alpha value is -2.59. The number of rotatable bonds is 7. The number of amides is 1. The molecule has 0 unspecified atom stereocenters. The van der Waals surface area contributed by atoms with Crippen molar-refractivity contribution in [2.45, 2.75) is 18.9 Å². The number of aromatic nitrogens is 1. The average molecular weight is 350 g/mol. The van der Waals surface area contributed by atoms with Crippen molar-refractivity contribution in [3.8, 4) is 11.1 Å². The first-order valence-corrected chi connectivity index (χ1v) is 9.07. The van der Waals surface area contributed by atoms with Gasteiger partial charge in [0.1, 0.15) is 0 Å². The van der Waals surface area contributed by atoms with Crippen LogP contribution in [0.5, 0.6) is 0 Å². The molecule has 0 aliphatic rings. The van der Waals surface area contributed by atoms with Gasteiger partial charge in [0.05, 0.1) is 16.5 Å². The van der Waals surface area contributed by atoms with Crippen LogP contribution >= 0.6 is 11.8 Å². The summed E-state index contributed by atoms with van der Waals surface area (Å²) in [5.41, 5.74) is 9.33. The molecule has 1 amide bonds. The molecule has 3 nitrogen and oxygen atoms in total. The molecular formula is C21H22N2OS. The maximum Gasteiger partial charge on any atom is 0.227 e. The minimum Gasteiger partial charge on any atom is -0.369 e. The topological polar surface area (TPSA) is 56.0 Å². The number of carbonyl (C=O) groups is 1. The van der Waals surface area contributed by atoms with Gasteiger partial charge in [-0.2, -0.15) is 0 Å². The Kier molecular flexibility index (Phi) is 7.23. The molecule has 0 saturated carbocycles. The van der Waals surface area contributed by atoms with Crippen LogP contribution in [0.4, 0.5) is 0 Å². The highest BCUT2D eigenvalue weighted by Gasteiger charge is 2.09. The van der Waals surface area contributed by atoms with E-state index in [4.69, 9.17) is 10.7 Å². The fourth-order valence-corrected chi connectivity index (χ4v) is 2.94. The summed E-state index contributed by atoms with van der Waals surface area (Å²) >= 11 is 1.36. The summed E-state index contributed by atoms with van der Waals surface area (Å²) in [4.78, 5) is 15.8. The van der Waals surface area contributed by atoms with Crippen molar-refractivity contribution in [2.75, 3.05) is 5.75 Å². The zero-order valence-corrected chi connectivity index (χ0v) is 15.3. The van der Waals surface area contributed by atoms with Crippen LogP contribution in [0.2, 0.25) is 0 Å². The Morgan fingerprint density at radius 2 is 1.88 bits per heavy atom. The lowest BCUT2D eigenvalue weighted by Gasteiger charge is -2.10. The van der Waals surface area contributed by atoms with Crippen LogP contribution in [0.1, 0.15) is 19.5 Å². The quantitative estimate of drug-likeness (QED) is 0.573. The molecular weight excluding hydrogens is 328 g/mol. The minimum absolute atomic E-state index is 0.211. The second-order valence-corrected chi connectivity index (χ2v) is 6.34. The van der Waals surface area contributed by atoms with Gasteiger partial charge in [-0.15, -0.1) is 0 Å². The van der Waals surface area contributed by atoms with E-state index >= 15 is 0 Å². The molecule has 0 aliphatic carbocycles.